The molecule has 2 aromatic rings. The van der Waals surface area contributed by atoms with E-state index in [2.05, 4.69) is 10.3 Å². The first kappa shape index (κ1) is 13.4. The SMILES string of the molecule is C[C@@H](NC(=O)c1ncccc1N)c1ccccc1Cl. The topological polar surface area (TPSA) is 68.0 Å². The zero-order chi connectivity index (χ0) is 13.8. The molecule has 0 aliphatic heterocycles. The summed E-state index contributed by atoms with van der Waals surface area (Å²) in [5.41, 5.74) is 7.15. The highest BCUT2D eigenvalue weighted by molar-refractivity contribution is 6.31. The van der Waals surface area contributed by atoms with Crippen molar-refractivity contribution in [2.24, 2.45) is 0 Å². The number of carbonyl (C=O) groups is 1. The van der Waals surface area contributed by atoms with Crippen LogP contribution in [0.2, 0.25) is 5.02 Å². The molecule has 2 rings (SSSR count). The van der Waals surface area contributed by atoms with Crippen LogP contribution in [0.25, 0.3) is 0 Å². The molecule has 1 amide bonds. The number of nitrogens with zero attached hydrogens (tertiary/aromatic N) is 1. The van der Waals surface area contributed by atoms with Crippen molar-refractivity contribution in [2.75, 3.05) is 5.73 Å². The van der Waals surface area contributed by atoms with Gasteiger partial charge in [0.25, 0.3) is 5.91 Å². The molecular weight excluding hydrogens is 262 g/mol. The molecule has 19 heavy (non-hydrogen) atoms. The Kier molecular flexibility index (Phi) is 4.02. The van der Waals surface area contributed by atoms with E-state index in [0.717, 1.165) is 5.56 Å². The lowest BCUT2D eigenvalue weighted by Crippen LogP contribution is -2.28. The molecule has 1 aromatic carbocycles. The van der Waals surface area contributed by atoms with E-state index in [1.165, 1.54) is 6.20 Å². The number of pyridine rings is 1. The highest BCUT2D eigenvalue weighted by atomic mass is 35.5. The van der Waals surface area contributed by atoms with E-state index in [-0.39, 0.29) is 17.6 Å². The van der Waals surface area contributed by atoms with Gasteiger partial charge in [-0.2, -0.15) is 0 Å². The van der Waals surface area contributed by atoms with Gasteiger partial charge in [-0.1, -0.05) is 29.8 Å². The zero-order valence-corrected chi connectivity index (χ0v) is 11.2. The molecule has 3 N–H and O–H groups in total. The smallest absolute Gasteiger partial charge is 0.272 e. The maximum atomic E-state index is 12.1. The zero-order valence-electron chi connectivity index (χ0n) is 10.4. The van der Waals surface area contributed by atoms with Gasteiger partial charge in [0.2, 0.25) is 0 Å². The van der Waals surface area contributed by atoms with Crippen LogP contribution in [-0.4, -0.2) is 10.9 Å². The second kappa shape index (κ2) is 5.71. The van der Waals surface area contributed by atoms with Gasteiger partial charge < -0.3 is 11.1 Å². The lowest BCUT2D eigenvalue weighted by Gasteiger charge is -2.15. The van der Waals surface area contributed by atoms with Gasteiger partial charge in [0, 0.05) is 11.2 Å². The average molecular weight is 276 g/mol. The molecule has 0 radical (unpaired) electrons. The van der Waals surface area contributed by atoms with E-state index in [1.54, 1.807) is 18.2 Å². The predicted octanol–water partition coefficient (Wildman–Crippen LogP) is 2.81. The van der Waals surface area contributed by atoms with Gasteiger partial charge in [0.05, 0.1) is 11.7 Å². The Morgan fingerprint density at radius 1 is 1.32 bits per heavy atom. The van der Waals surface area contributed by atoms with Crippen LogP contribution in [0, 0.1) is 0 Å². The minimum Gasteiger partial charge on any atom is -0.397 e. The summed E-state index contributed by atoms with van der Waals surface area (Å²) in [4.78, 5) is 16.0. The van der Waals surface area contributed by atoms with Crippen LogP contribution in [0.4, 0.5) is 5.69 Å². The molecule has 0 saturated carbocycles. The number of aromatic nitrogens is 1. The summed E-state index contributed by atoms with van der Waals surface area (Å²) >= 11 is 6.09. The first-order valence-corrected chi connectivity index (χ1v) is 6.23. The van der Waals surface area contributed by atoms with Gasteiger partial charge in [-0.3, -0.25) is 4.79 Å². The number of nitrogens with two attached hydrogens (primary N) is 1. The van der Waals surface area contributed by atoms with E-state index >= 15 is 0 Å². The van der Waals surface area contributed by atoms with Gasteiger partial charge in [-0.15, -0.1) is 0 Å². The second-order valence-electron chi connectivity index (χ2n) is 4.16. The van der Waals surface area contributed by atoms with Crippen LogP contribution < -0.4 is 11.1 Å². The molecule has 0 bridgehead atoms. The number of halogens is 1. The van der Waals surface area contributed by atoms with Gasteiger partial charge in [-0.05, 0) is 30.7 Å². The van der Waals surface area contributed by atoms with Gasteiger partial charge >= 0.3 is 0 Å². The molecule has 0 saturated heterocycles. The molecular formula is C14H14ClN3O. The monoisotopic (exact) mass is 275 g/mol. The number of rotatable bonds is 3. The van der Waals surface area contributed by atoms with Crippen molar-refractivity contribution in [1.82, 2.24) is 10.3 Å². The van der Waals surface area contributed by atoms with E-state index in [9.17, 15) is 4.79 Å². The molecule has 0 unspecified atom stereocenters. The Hall–Kier alpha value is -2.07. The van der Waals surface area contributed by atoms with Crippen LogP contribution >= 0.6 is 11.6 Å². The molecule has 0 aliphatic rings. The molecule has 5 heteroatoms. The van der Waals surface area contributed by atoms with Crippen molar-refractivity contribution >= 4 is 23.2 Å². The number of amides is 1. The third-order valence-electron chi connectivity index (χ3n) is 2.77. The highest BCUT2D eigenvalue weighted by Crippen LogP contribution is 2.22. The van der Waals surface area contributed by atoms with Crippen molar-refractivity contribution in [1.29, 1.82) is 0 Å². The minimum absolute atomic E-state index is 0.220. The summed E-state index contributed by atoms with van der Waals surface area (Å²) < 4.78 is 0. The summed E-state index contributed by atoms with van der Waals surface area (Å²) in [6, 6.07) is 10.5. The van der Waals surface area contributed by atoms with Gasteiger partial charge in [0.1, 0.15) is 0 Å². The number of hydrogen-bond donors (Lipinski definition) is 2. The van der Waals surface area contributed by atoms with E-state index in [0.29, 0.717) is 10.7 Å². The average Bonchev–Trinajstić information content (AvgIpc) is 2.39. The van der Waals surface area contributed by atoms with Crippen LogP contribution in [-0.2, 0) is 0 Å². The van der Waals surface area contributed by atoms with Gasteiger partial charge in [-0.25, -0.2) is 4.98 Å². The highest BCUT2D eigenvalue weighted by Gasteiger charge is 2.16. The Labute approximate surface area is 116 Å². The lowest BCUT2D eigenvalue weighted by molar-refractivity contribution is 0.0936. The first-order chi connectivity index (χ1) is 9.09. The quantitative estimate of drug-likeness (QED) is 0.905. The lowest BCUT2D eigenvalue weighted by atomic mass is 10.1. The first-order valence-electron chi connectivity index (χ1n) is 5.85. The van der Waals surface area contributed by atoms with Gasteiger partial charge in [0.15, 0.2) is 5.69 Å². The van der Waals surface area contributed by atoms with Crippen LogP contribution in [0.15, 0.2) is 42.6 Å². The fraction of sp³-hybridized carbons (Fsp3) is 0.143. The van der Waals surface area contributed by atoms with Crippen molar-refractivity contribution < 1.29 is 4.79 Å². The second-order valence-corrected chi connectivity index (χ2v) is 4.57. The van der Waals surface area contributed by atoms with Crippen molar-refractivity contribution in [3.63, 3.8) is 0 Å². The molecule has 0 fully saturated rings. The summed E-state index contributed by atoms with van der Waals surface area (Å²) in [6.07, 6.45) is 1.53. The fourth-order valence-corrected chi connectivity index (χ4v) is 2.08. The fourth-order valence-electron chi connectivity index (χ4n) is 1.78. The van der Waals surface area contributed by atoms with E-state index < -0.39 is 0 Å². The largest absolute Gasteiger partial charge is 0.397 e. The Morgan fingerprint density at radius 2 is 2.05 bits per heavy atom. The number of anilines is 1. The maximum absolute atomic E-state index is 12.1. The predicted molar refractivity (Wildman–Crippen MR) is 76.0 cm³/mol. The number of nitrogen functional groups attached to an aromatic ring is 1. The molecule has 1 atom stereocenters. The Morgan fingerprint density at radius 3 is 2.74 bits per heavy atom. The number of nitrogens with one attached hydrogen (secondary N) is 1. The Balaban J connectivity index is 2.16. The molecule has 0 spiro atoms. The third-order valence-corrected chi connectivity index (χ3v) is 3.12. The molecule has 1 heterocycles. The summed E-state index contributed by atoms with van der Waals surface area (Å²) in [5, 5.41) is 3.44. The summed E-state index contributed by atoms with van der Waals surface area (Å²) in [5.74, 6) is -0.314. The van der Waals surface area contributed by atoms with E-state index in [4.69, 9.17) is 17.3 Å². The minimum atomic E-state index is -0.314. The maximum Gasteiger partial charge on any atom is 0.272 e. The van der Waals surface area contributed by atoms with Crippen LogP contribution in [0.5, 0.6) is 0 Å². The normalized spacial score (nSPS) is 11.9. The van der Waals surface area contributed by atoms with Crippen molar-refractivity contribution in [3.8, 4) is 0 Å². The molecule has 0 aliphatic carbocycles. The van der Waals surface area contributed by atoms with Crippen molar-refractivity contribution in [2.45, 2.75) is 13.0 Å². The number of hydrogen-bond acceptors (Lipinski definition) is 3. The third kappa shape index (κ3) is 3.03. The Bertz CT molecular complexity index is 601. The number of benzene rings is 1. The number of carbonyl (C=O) groups excluding carboxylic acids is 1. The van der Waals surface area contributed by atoms with Crippen LogP contribution in [0.1, 0.15) is 29.0 Å². The molecule has 1 aromatic heterocycles. The van der Waals surface area contributed by atoms with Crippen LogP contribution in [0.3, 0.4) is 0 Å². The standard InChI is InChI=1S/C14H14ClN3O/c1-9(10-5-2-3-6-11(10)15)18-14(19)13-12(16)7-4-8-17-13/h2-9H,16H2,1H3,(H,18,19)/t9-/m1/s1. The van der Waals surface area contributed by atoms with E-state index in [1.807, 2.05) is 25.1 Å². The van der Waals surface area contributed by atoms with Crippen molar-refractivity contribution in [3.05, 3.63) is 58.9 Å². The summed E-state index contributed by atoms with van der Waals surface area (Å²) in [6.45, 7) is 1.86. The molecule has 4 nitrogen and oxygen atoms in total. The molecule has 98 valence electrons. The summed E-state index contributed by atoms with van der Waals surface area (Å²) in [7, 11) is 0.